The molecule has 0 saturated carbocycles. The molecule has 8 heavy (non-hydrogen) atoms. The van der Waals surface area contributed by atoms with Crippen molar-refractivity contribution in [2.45, 2.75) is 30.5 Å². The lowest BCUT2D eigenvalue weighted by atomic mass is 10.2. The molecule has 0 bridgehead atoms. The summed E-state index contributed by atoms with van der Waals surface area (Å²) in [5.74, 6) is 0. The number of halogens is 1. The van der Waals surface area contributed by atoms with Crippen LogP contribution in [0, 0.1) is 0 Å². The van der Waals surface area contributed by atoms with Gasteiger partial charge in [-0.25, -0.2) is 0 Å². The second kappa shape index (κ2) is 3.29. The second-order valence-corrected chi connectivity index (χ2v) is 3.52. The first-order chi connectivity index (χ1) is 3.89. The Kier molecular flexibility index (Phi) is 2.60. The van der Waals surface area contributed by atoms with Crippen LogP contribution in [-0.4, -0.2) is 4.83 Å². The molecule has 46 valence electrons. The van der Waals surface area contributed by atoms with Gasteiger partial charge in [0.2, 0.25) is 0 Å². The number of hydrogen-bond acceptors (Lipinski definition) is 0. The molecule has 0 aromatic carbocycles. The maximum absolute atomic E-state index is 3.60. The number of allylic oxidation sites excluding steroid dienone is 2. The van der Waals surface area contributed by atoms with E-state index in [4.69, 9.17) is 0 Å². The van der Waals surface area contributed by atoms with E-state index in [0.29, 0.717) is 0 Å². The monoisotopic (exact) mass is 174 g/mol. The van der Waals surface area contributed by atoms with Crippen molar-refractivity contribution in [3.63, 3.8) is 0 Å². The van der Waals surface area contributed by atoms with Gasteiger partial charge < -0.3 is 0 Å². The van der Waals surface area contributed by atoms with Gasteiger partial charge in [-0.2, -0.15) is 0 Å². The molecule has 0 aromatic heterocycles. The van der Waals surface area contributed by atoms with Gasteiger partial charge in [0.1, 0.15) is 0 Å². The molecule has 0 unspecified atom stereocenters. The maximum atomic E-state index is 3.60. The van der Waals surface area contributed by atoms with Gasteiger partial charge in [-0.1, -0.05) is 28.1 Å². The molecule has 0 fully saturated rings. The highest BCUT2D eigenvalue weighted by atomic mass is 79.9. The van der Waals surface area contributed by atoms with E-state index in [-0.39, 0.29) is 0 Å². The highest BCUT2D eigenvalue weighted by Gasteiger charge is 2.02. The molecular weight excluding hydrogens is 164 g/mol. The lowest BCUT2D eigenvalue weighted by molar-refractivity contribution is 0.748. The van der Waals surface area contributed by atoms with E-state index < -0.39 is 0 Å². The first kappa shape index (κ1) is 6.34. The first-order valence-electron chi connectivity index (χ1n) is 3.18. The molecule has 1 heteroatoms. The summed E-state index contributed by atoms with van der Waals surface area (Å²) >= 11 is 3.60. The Hall–Kier alpha value is 0.220. The zero-order valence-corrected chi connectivity index (χ0v) is 6.52. The Bertz CT molecular complexity index is 76.4. The zero-order chi connectivity index (χ0) is 5.82. The van der Waals surface area contributed by atoms with Crippen molar-refractivity contribution in [2.24, 2.45) is 0 Å². The van der Waals surface area contributed by atoms with E-state index in [2.05, 4.69) is 28.1 Å². The fourth-order valence-corrected chi connectivity index (χ4v) is 1.46. The molecule has 0 aliphatic heterocycles. The molecule has 0 amide bonds. The van der Waals surface area contributed by atoms with Crippen molar-refractivity contribution in [3.05, 3.63) is 12.2 Å². The summed E-state index contributed by atoms with van der Waals surface area (Å²) in [6.07, 6.45) is 9.71. The predicted octanol–water partition coefficient (Wildman–Crippen LogP) is 2.88. The van der Waals surface area contributed by atoms with Crippen LogP contribution in [0.25, 0.3) is 0 Å². The molecule has 1 rings (SSSR count). The number of alkyl halides is 1. The summed E-state index contributed by atoms with van der Waals surface area (Å²) in [5, 5.41) is 0. The molecule has 0 radical (unpaired) electrons. The van der Waals surface area contributed by atoms with Gasteiger partial charge in [0, 0.05) is 4.83 Å². The lowest BCUT2D eigenvalue weighted by Gasteiger charge is -2.00. The summed E-state index contributed by atoms with van der Waals surface area (Å²) in [4.78, 5) is 0.775. The minimum absolute atomic E-state index is 0.775. The van der Waals surface area contributed by atoms with Crippen LogP contribution < -0.4 is 0 Å². The van der Waals surface area contributed by atoms with Gasteiger partial charge in [0.05, 0.1) is 0 Å². The van der Waals surface area contributed by atoms with Crippen LogP contribution in [0.4, 0.5) is 0 Å². The molecule has 1 aliphatic rings. The van der Waals surface area contributed by atoms with Crippen LogP contribution >= 0.6 is 15.9 Å². The fourth-order valence-electron chi connectivity index (χ4n) is 0.934. The third-order valence-electron chi connectivity index (χ3n) is 1.46. The highest BCUT2D eigenvalue weighted by Crippen LogP contribution is 2.18. The van der Waals surface area contributed by atoms with E-state index in [9.17, 15) is 0 Å². The van der Waals surface area contributed by atoms with Crippen LogP contribution in [0.15, 0.2) is 12.2 Å². The van der Waals surface area contributed by atoms with E-state index in [1.54, 1.807) is 0 Å². The predicted molar refractivity (Wildman–Crippen MR) is 40.3 cm³/mol. The molecule has 0 saturated heterocycles. The average Bonchev–Trinajstić information content (AvgIpc) is 1.94. The van der Waals surface area contributed by atoms with E-state index in [0.717, 1.165) is 4.83 Å². The van der Waals surface area contributed by atoms with Crippen LogP contribution in [0.5, 0.6) is 0 Å². The molecule has 0 aromatic rings. The van der Waals surface area contributed by atoms with Crippen LogP contribution in [-0.2, 0) is 0 Å². The molecule has 0 atom stereocenters. The topological polar surface area (TPSA) is 0 Å². The maximum Gasteiger partial charge on any atom is 0.0151 e. The largest absolute Gasteiger partial charge is 0.0890 e. The van der Waals surface area contributed by atoms with Crippen molar-refractivity contribution < 1.29 is 0 Å². The van der Waals surface area contributed by atoms with Gasteiger partial charge in [0.15, 0.2) is 0 Å². The van der Waals surface area contributed by atoms with E-state index in [1.807, 2.05) is 0 Å². The normalized spacial score (nSPS) is 23.1. The van der Waals surface area contributed by atoms with Crippen LogP contribution in [0.3, 0.4) is 0 Å². The number of hydrogen-bond donors (Lipinski definition) is 0. The van der Waals surface area contributed by atoms with Crippen LogP contribution in [0.1, 0.15) is 25.7 Å². The molecule has 1 aliphatic carbocycles. The van der Waals surface area contributed by atoms with Crippen LogP contribution in [0.2, 0.25) is 0 Å². The molecular formula is C7H11Br. The SMILES string of the molecule is BrC1CCC=CCC1. The third-order valence-corrected chi connectivity index (χ3v) is 2.38. The Morgan fingerprint density at radius 2 is 1.62 bits per heavy atom. The fraction of sp³-hybridized carbons (Fsp3) is 0.714. The standard InChI is InChI=1S/C7H11Br/c8-7-5-3-1-2-4-6-7/h1-2,7H,3-6H2. The second-order valence-electron chi connectivity index (χ2n) is 2.22. The summed E-state index contributed by atoms with van der Waals surface area (Å²) in [6, 6.07) is 0. The Morgan fingerprint density at radius 1 is 1.12 bits per heavy atom. The van der Waals surface area contributed by atoms with Crippen molar-refractivity contribution in [1.29, 1.82) is 0 Å². The Labute approximate surface area is 59.1 Å². The summed E-state index contributed by atoms with van der Waals surface area (Å²) in [6.45, 7) is 0. The van der Waals surface area contributed by atoms with Gasteiger partial charge in [-0.3, -0.25) is 0 Å². The Balaban J connectivity index is 2.28. The lowest BCUT2D eigenvalue weighted by Crippen LogP contribution is -1.92. The van der Waals surface area contributed by atoms with Crippen molar-refractivity contribution in [1.82, 2.24) is 0 Å². The smallest absolute Gasteiger partial charge is 0.0151 e. The van der Waals surface area contributed by atoms with Gasteiger partial charge in [-0.15, -0.1) is 0 Å². The van der Waals surface area contributed by atoms with Gasteiger partial charge in [-0.05, 0) is 25.7 Å². The highest BCUT2D eigenvalue weighted by molar-refractivity contribution is 9.09. The van der Waals surface area contributed by atoms with Crippen molar-refractivity contribution in [2.75, 3.05) is 0 Å². The Morgan fingerprint density at radius 3 is 2.12 bits per heavy atom. The summed E-state index contributed by atoms with van der Waals surface area (Å²) in [5.41, 5.74) is 0. The summed E-state index contributed by atoms with van der Waals surface area (Å²) < 4.78 is 0. The summed E-state index contributed by atoms with van der Waals surface area (Å²) in [7, 11) is 0. The van der Waals surface area contributed by atoms with E-state index in [1.165, 1.54) is 25.7 Å². The number of rotatable bonds is 0. The average molecular weight is 175 g/mol. The molecule has 0 heterocycles. The van der Waals surface area contributed by atoms with Gasteiger partial charge >= 0.3 is 0 Å². The molecule has 0 spiro atoms. The minimum Gasteiger partial charge on any atom is -0.0890 e. The quantitative estimate of drug-likeness (QED) is 0.392. The minimum atomic E-state index is 0.775. The van der Waals surface area contributed by atoms with Gasteiger partial charge in [0.25, 0.3) is 0 Å². The van der Waals surface area contributed by atoms with E-state index >= 15 is 0 Å². The zero-order valence-electron chi connectivity index (χ0n) is 4.94. The molecule has 0 N–H and O–H groups in total. The van der Waals surface area contributed by atoms with Crippen molar-refractivity contribution in [3.8, 4) is 0 Å². The third kappa shape index (κ3) is 1.99. The molecule has 0 nitrogen and oxygen atoms in total. The first-order valence-corrected chi connectivity index (χ1v) is 4.10. The van der Waals surface area contributed by atoms with Crippen molar-refractivity contribution >= 4 is 15.9 Å².